The molecule has 1 rings (SSSR count). The van der Waals surface area contributed by atoms with Gasteiger partial charge in [0.2, 0.25) is 0 Å². The summed E-state index contributed by atoms with van der Waals surface area (Å²) in [5, 5.41) is 3.38. The Hall–Kier alpha value is -0.800. The van der Waals surface area contributed by atoms with E-state index in [1.54, 1.807) is 0 Å². The predicted molar refractivity (Wildman–Crippen MR) is 48.2 cm³/mol. The number of benzene rings is 1. The van der Waals surface area contributed by atoms with E-state index in [0.717, 1.165) is 6.21 Å². The smallest absolute Gasteiger partial charge is 0.152 e. The van der Waals surface area contributed by atoms with Crippen LogP contribution in [-0.2, 0) is 0 Å². The van der Waals surface area contributed by atoms with Crippen molar-refractivity contribution in [2.75, 3.05) is 0 Å². The number of halogens is 3. The molecule has 12 heavy (non-hydrogen) atoms. The fourth-order valence-corrected chi connectivity index (χ4v) is 1.10. The number of hydrogen-bond donors (Lipinski definition) is 1. The first-order valence-corrected chi connectivity index (χ1v) is 3.79. The second-order valence-electron chi connectivity index (χ2n) is 2.04. The second kappa shape index (κ2) is 3.74. The fraction of sp³-hybridized carbons (Fsp3) is 0. The minimum Gasteiger partial charge on any atom is -0.323 e. The molecule has 0 saturated heterocycles. The van der Waals surface area contributed by atoms with Crippen LogP contribution in [0.2, 0.25) is 10.0 Å². The number of nitrogens with zero attached hydrogens (tertiary/aromatic N) is 1. The van der Waals surface area contributed by atoms with E-state index in [0.29, 0.717) is 0 Å². The first-order chi connectivity index (χ1) is 5.66. The summed E-state index contributed by atoms with van der Waals surface area (Å²) >= 11 is 11.1. The summed E-state index contributed by atoms with van der Waals surface area (Å²) < 4.78 is 13.1. The van der Waals surface area contributed by atoms with Gasteiger partial charge in [0.15, 0.2) is 5.82 Å². The molecule has 5 heteroatoms. The Labute approximate surface area is 78.8 Å². The standard InChI is InChI=1S/C7H5Cl2FN2/c8-5-1-2-6(9)7(10)4(5)3-12-11/h1-3H,11H2. The Bertz CT molecular complexity index is 325. The number of rotatable bonds is 1. The van der Waals surface area contributed by atoms with E-state index >= 15 is 0 Å². The van der Waals surface area contributed by atoms with Crippen LogP contribution in [0.25, 0.3) is 0 Å². The summed E-state index contributed by atoms with van der Waals surface area (Å²) in [4.78, 5) is 0. The molecule has 0 saturated carbocycles. The molecule has 2 N–H and O–H groups in total. The van der Waals surface area contributed by atoms with E-state index < -0.39 is 5.82 Å². The molecule has 0 aliphatic heterocycles. The maximum Gasteiger partial charge on any atom is 0.152 e. The van der Waals surface area contributed by atoms with Gasteiger partial charge in [0.1, 0.15) is 0 Å². The SMILES string of the molecule is NN=Cc1c(Cl)ccc(Cl)c1F. The summed E-state index contributed by atoms with van der Waals surface area (Å²) in [5.74, 6) is 4.24. The summed E-state index contributed by atoms with van der Waals surface area (Å²) in [6.07, 6.45) is 1.11. The first kappa shape index (κ1) is 9.29. The Morgan fingerprint density at radius 1 is 1.33 bits per heavy atom. The number of hydrazone groups is 1. The van der Waals surface area contributed by atoms with E-state index in [1.165, 1.54) is 12.1 Å². The molecule has 0 unspecified atom stereocenters. The average molecular weight is 207 g/mol. The minimum atomic E-state index is -0.613. The van der Waals surface area contributed by atoms with Crippen molar-refractivity contribution in [1.29, 1.82) is 0 Å². The minimum absolute atomic E-state index is 0.00528. The zero-order chi connectivity index (χ0) is 9.14. The van der Waals surface area contributed by atoms with Crippen molar-refractivity contribution in [2.24, 2.45) is 10.9 Å². The zero-order valence-corrected chi connectivity index (χ0v) is 7.40. The van der Waals surface area contributed by atoms with Gasteiger partial charge in [-0.2, -0.15) is 5.10 Å². The van der Waals surface area contributed by atoms with Crippen molar-refractivity contribution in [1.82, 2.24) is 0 Å². The van der Waals surface area contributed by atoms with Gasteiger partial charge in [-0.3, -0.25) is 0 Å². The van der Waals surface area contributed by atoms with Crippen molar-refractivity contribution in [3.8, 4) is 0 Å². The van der Waals surface area contributed by atoms with Crippen LogP contribution in [0.15, 0.2) is 17.2 Å². The van der Waals surface area contributed by atoms with Gasteiger partial charge < -0.3 is 5.84 Å². The van der Waals surface area contributed by atoms with E-state index in [1.807, 2.05) is 0 Å². The van der Waals surface area contributed by atoms with Crippen LogP contribution in [0.4, 0.5) is 4.39 Å². The van der Waals surface area contributed by atoms with Crippen molar-refractivity contribution in [3.63, 3.8) is 0 Å². The maximum absolute atomic E-state index is 13.1. The summed E-state index contributed by atoms with van der Waals surface area (Å²) in [6, 6.07) is 2.84. The van der Waals surface area contributed by atoms with Crippen LogP contribution in [0, 0.1) is 5.82 Å². The van der Waals surface area contributed by atoms with Crippen LogP contribution < -0.4 is 5.84 Å². The summed E-state index contributed by atoms with van der Waals surface area (Å²) in [7, 11) is 0. The molecule has 1 aromatic carbocycles. The fourth-order valence-electron chi connectivity index (χ4n) is 0.736. The van der Waals surface area contributed by atoms with E-state index in [4.69, 9.17) is 29.0 Å². The van der Waals surface area contributed by atoms with Gasteiger partial charge in [-0.05, 0) is 12.1 Å². The molecule has 0 spiro atoms. The Kier molecular flexibility index (Phi) is 2.89. The molecule has 0 aliphatic carbocycles. The van der Waals surface area contributed by atoms with Crippen LogP contribution in [0.1, 0.15) is 5.56 Å². The molecule has 1 aromatic rings. The Balaban J connectivity index is 3.32. The second-order valence-corrected chi connectivity index (χ2v) is 2.85. The maximum atomic E-state index is 13.1. The lowest BCUT2D eigenvalue weighted by Crippen LogP contribution is -1.93. The molecular weight excluding hydrogens is 202 g/mol. The van der Waals surface area contributed by atoms with Gasteiger partial charge in [0.05, 0.1) is 21.8 Å². The van der Waals surface area contributed by atoms with Crippen molar-refractivity contribution in [2.45, 2.75) is 0 Å². The predicted octanol–water partition coefficient (Wildman–Crippen LogP) is 2.43. The van der Waals surface area contributed by atoms with Crippen LogP contribution in [-0.4, -0.2) is 6.21 Å². The highest BCUT2D eigenvalue weighted by molar-refractivity contribution is 6.35. The van der Waals surface area contributed by atoms with Gasteiger partial charge in [-0.25, -0.2) is 4.39 Å². The van der Waals surface area contributed by atoms with Gasteiger partial charge in [-0.1, -0.05) is 23.2 Å². The molecule has 0 bridgehead atoms. The molecular formula is C7H5Cl2FN2. The van der Waals surface area contributed by atoms with E-state index in [-0.39, 0.29) is 15.6 Å². The molecule has 0 atom stereocenters. The number of hydrogen-bond acceptors (Lipinski definition) is 2. The normalized spacial score (nSPS) is 10.9. The van der Waals surface area contributed by atoms with Crippen LogP contribution in [0.5, 0.6) is 0 Å². The monoisotopic (exact) mass is 206 g/mol. The Morgan fingerprint density at radius 2 is 1.92 bits per heavy atom. The number of nitrogens with two attached hydrogens (primary N) is 1. The highest BCUT2D eigenvalue weighted by atomic mass is 35.5. The van der Waals surface area contributed by atoms with Gasteiger partial charge in [0.25, 0.3) is 0 Å². The molecule has 0 fully saturated rings. The molecule has 0 aromatic heterocycles. The molecule has 64 valence electrons. The average Bonchev–Trinajstić information content (AvgIpc) is 2.06. The van der Waals surface area contributed by atoms with Crippen molar-refractivity contribution >= 4 is 29.4 Å². The van der Waals surface area contributed by atoms with E-state index in [9.17, 15) is 4.39 Å². The van der Waals surface area contributed by atoms with Crippen LogP contribution >= 0.6 is 23.2 Å². The topological polar surface area (TPSA) is 38.4 Å². The van der Waals surface area contributed by atoms with Crippen LogP contribution in [0.3, 0.4) is 0 Å². The third-order valence-corrected chi connectivity index (χ3v) is 1.90. The lowest BCUT2D eigenvalue weighted by molar-refractivity contribution is 0.626. The molecule has 0 heterocycles. The van der Waals surface area contributed by atoms with E-state index in [2.05, 4.69) is 5.10 Å². The third-order valence-electron chi connectivity index (χ3n) is 1.28. The van der Waals surface area contributed by atoms with Gasteiger partial charge in [0, 0.05) is 0 Å². The Morgan fingerprint density at radius 3 is 2.50 bits per heavy atom. The summed E-state index contributed by atoms with van der Waals surface area (Å²) in [6.45, 7) is 0. The molecule has 0 aliphatic rings. The first-order valence-electron chi connectivity index (χ1n) is 3.03. The largest absolute Gasteiger partial charge is 0.323 e. The van der Waals surface area contributed by atoms with Crippen molar-refractivity contribution < 1.29 is 4.39 Å². The quantitative estimate of drug-likeness (QED) is 0.326. The highest BCUT2D eigenvalue weighted by Crippen LogP contribution is 2.23. The third kappa shape index (κ3) is 1.68. The molecule has 0 radical (unpaired) electrons. The van der Waals surface area contributed by atoms with Gasteiger partial charge >= 0.3 is 0 Å². The lowest BCUT2D eigenvalue weighted by atomic mass is 10.2. The van der Waals surface area contributed by atoms with Crippen molar-refractivity contribution in [3.05, 3.63) is 33.6 Å². The van der Waals surface area contributed by atoms with Gasteiger partial charge in [-0.15, -0.1) is 0 Å². The summed E-state index contributed by atoms with van der Waals surface area (Å²) in [5.41, 5.74) is 0.103. The lowest BCUT2D eigenvalue weighted by Gasteiger charge is -2.00. The zero-order valence-electron chi connectivity index (χ0n) is 5.89. The highest BCUT2D eigenvalue weighted by Gasteiger charge is 2.08. The molecule has 0 amide bonds. The molecule has 2 nitrogen and oxygen atoms in total.